The Balaban J connectivity index is 1.57. The van der Waals surface area contributed by atoms with E-state index in [1.807, 2.05) is 36.4 Å². The molecule has 1 saturated heterocycles. The first-order valence-corrected chi connectivity index (χ1v) is 11.5. The first kappa shape index (κ1) is 23.2. The fraction of sp³-hybridized carbons (Fsp3) is 0.308. The molecule has 0 saturated carbocycles. The van der Waals surface area contributed by atoms with E-state index in [0.29, 0.717) is 30.3 Å². The van der Waals surface area contributed by atoms with E-state index >= 15 is 0 Å². The van der Waals surface area contributed by atoms with E-state index in [1.54, 1.807) is 29.2 Å². The summed E-state index contributed by atoms with van der Waals surface area (Å²) in [6.07, 6.45) is 3.81. The van der Waals surface area contributed by atoms with Crippen molar-refractivity contribution < 1.29 is 19.4 Å². The molecule has 1 unspecified atom stereocenters. The zero-order valence-electron chi connectivity index (χ0n) is 18.3. The van der Waals surface area contributed by atoms with Crippen molar-refractivity contribution in [3.63, 3.8) is 0 Å². The standard InChI is InChI=1S/C26H27ClN2O4/c27-21-9-4-8-20(18-21)24-23(22(30)11-10-19-6-2-1-3-7-19)25(31)26(32)29(24)13-5-12-28-14-16-33-17-15-28/h1-4,6-11,18,24,31H,5,12-17H2. The Bertz CT molecular complexity index is 1060. The number of aliphatic hydroxyl groups excluding tert-OH is 1. The van der Waals surface area contributed by atoms with Crippen LogP contribution in [0.25, 0.3) is 6.08 Å². The molecular weight excluding hydrogens is 440 g/mol. The van der Waals surface area contributed by atoms with Crippen molar-refractivity contribution >= 4 is 29.4 Å². The number of ether oxygens (including phenoxy) is 1. The van der Waals surface area contributed by atoms with Gasteiger partial charge in [-0.15, -0.1) is 0 Å². The smallest absolute Gasteiger partial charge is 0.290 e. The van der Waals surface area contributed by atoms with Crippen LogP contribution in [-0.2, 0) is 14.3 Å². The van der Waals surface area contributed by atoms with Gasteiger partial charge in [0.2, 0.25) is 0 Å². The minimum atomic E-state index is -0.686. The molecule has 2 aliphatic rings. The second-order valence-corrected chi connectivity index (χ2v) is 8.57. The van der Waals surface area contributed by atoms with Crippen molar-refractivity contribution in [3.8, 4) is 0 Å². The van der Waals surface area contributed by atoms with E-state index < -0.39 is 23.5 Å². The van der Waals surface area contributed by atoms with Crippen LogP contribution in [0, 0.1) is 0 Å². The van der Waals surface area contributed by atoms with E-state index in [9.17, 15) is 14.7 Å². The summed E-state index contributed by atoms with van der Waals surface area (Å²) in [7, 11) is 0. The van der Waals surface area contributed by atoms with Crippen LogP contribution < -0.4 is 0 Å². The Labute approximate surface area is 198 Å². The predicted octanol–water partition coefficient (Wildman–Crippen LogP) is 4.04. The Hall–Kier alpha value is -2.93. The van der Waals surface area contributed by atoms with Gasteiger partial charge in [0.25, 0.3) is 5.91 Å². The van der Waals surface area contributed by atoms with Gasteiger partial charge < -0.3 is 14.7 Å². The number of carbonyl (C=O) groups excluding carboxylic acids is 2. The first-order valence-electron chi connectivity index (χ1n) is 11.1. The molecule has 4 rings (SSSR count). The van der Waals surface area contributed by atoms with Crippen LogP contribution >= 0.6 is 11.6 Å². The summed E-state index contributed by atoms with van der Waals surface area (Å²) in [5.41, 5.74) is 1.64. The summed E-state index contributed by atoms with van der Waals surface area (Å²) in [5, 5.41) is 11.2. The van der Waals surface area contributed by atoms with Gasteiger partial charge in [0.05, 0.1) is 24.8 Å². The van der Waals surface area contributed by atoms with Crippen molar-refractivity contribution in [1.82, 2.24) is 9.80 Å². The lowest BCUT2D eigenvalue weighted by Crippen LogP contribution is -2.39. The Morgan fingerprint density at radius 2 is 1.85 bits per heavy atom. The third-order valence-electron chi connectivity index (χ3n) is 5.94. The molecule has 2 aromatic rings. The molecule has 7 heteroatoms. The van der Waals surface area contributed by atoms with Gasteiger partial charge in [-0.25, -0.2) is 0 Å². The van der Waals surface area contributed by atoms with E-state index in [0.717, 1.165) is 31.6 Å². The highest BCUT2D eigenvalue weighted by molar-refractivity contribution is 6.30. The molecule has 1 N–H and O–H groups in total. The topological polar surface area (TPSA) is 70.1 Å². The largest absolute Gasteiger partial charge is 0.503 e. The number of hydrogen-bond acceptors (Lipinski definition) is 5. The number of hydrogen-bond donors (Lipinski definition) is 1. The van der Waals surface area contributed by atoms with E-state index in [4.69, 9.17) is 16.3 Å². The number of ketones is 1. The highest BCUT2D eigenvalue weighted by atomic mass is 35.5. The maximum absolute atomic E-state index is 13.2. The molecular formula is C26H27ClN2O4. The average molecular weight is 467 g/mol. The number of amides is 1. The van der Waals surface area contributed by atoms with Crippen LogP contribution in [0.3, 0.4) is 0 Å². The highest BCUT2D eigenvalue weighted by Gasteiger charge is 2.42. The number of allylic oxidation sites excluding steroid dienone is 1. The monoisotopic (exact) mass is 466 g/mol. The van der Waals surface area contributed by atoms with E-state index in [-0.39, 0.29) is 5.57 Å². The van der Waals surface area contributed by atoms with Gasteiger partial charge in [0.1, 0.15) is 0 Å². The molecule has 6 nitrogen and oxygen atoms in total. The average Bonchev–Trinajstić information content (AvgIpc) is 3.09. The predicted molar refractivity (Wildman–Crippen MR) is 128 cm³/mol. The summed E-state index contributed by atoms with van der Waals surface area (Å²) in [6.45, 7) is 4.38. The Kier molecular flexibility index (Phi) is 7.60. The molecule has 1 amide bonds. The zero-order chi connectivity index (χ0) is 23.2. The number of aliphatic hydroxyl groups is 1. The van der Waals surface area contributed by atoms with Gasteiger partial charge >= 0.3 is 0 Å². The lowest BCUT2D eigenvalue weighted by Gasteiger charge is -2.30. The third-order valence-corrected chi connectivity index (χ3v) is 6.17. The number of nitrogens with zero attached hydrogens (tertiary/aromatic N) is 2. The van der Waals surface area contributed by atoms with Gasteiger partial charge in [-0.3, -0.25) is 14.5 Å². The molecule has 2 aromatic carbocycles. The van der Waals surface area contributed by atoms with Crippen LogP contribution in [0.5, 0.6) is 0 Å². The second kappa shape index (κ2) is 10.8. The Morgan fingerprint density at radius 3 is 2.58 bits per heavy atom. The summed E-state index contributed by atoms with van der Waals surface area (Å²) >= 11 is 6.22. The molecule has 0 spiro atoms. The van der Waals surface area contributed by atoms with Crippen molar-refractivity contribution in [2.24, 2.45) is 0 Å². The minimum Gasteiger partial charge on any atom is -0.503 e. The maximum atomic E-state index is 13.2. The van der Waals surface area contributed by atoms with Gasteiger partial charge in [0, 0.05) is 31.2 Å². The molecule has 0 bridgehead atoms. The molecule has 172 valence electrons. The van der Waals surface area contributed by atoms with Gasteiger partial charge in [0.15, 0.2) is 11.5 Å². The second-order valence-electron chi connectivity index (χ2n) is 8.13. The lowest BCUT2D eigenvalue weighted by atomic mass is 9.95. The van der Waals surface area contributed by atoms with Crippen molar-refractivity contribution in [3.05, 3.63) is 88.2 Å². The van der Waals surface area contributed by atoms with Crippen LogP contribution in [0.4, 0.5) is 0 Å². The maximum Gasteiger partial charge on any atom is 0.290 e. The normalized spacial score (nSPS) is 19.6. The van der Waals surface area contributed by atoms with E-state index in [2.05, 4.69) is 4.90 Å². The summed E-state index contributed by atoms with van der Waals surface area (Å²) in [4.78, 5) is 30.1. The molecule has 1 atom stereocenters. The number of morpholine rings is 1. The molecule has 2 aliphatic heterocycles. The van der Waals surface area contributed by atoms with Crippen LogP contribution in [0.15, 0.2) is 72.0 Å². The van der Waals surface area contributed by atoms with Gasteiger partial charge in [-0.1, -0.05) is 60.1 Å². The van der Waals surface area contributed by atoms with Gasteiger partial charge in [-0.05, 0) is 35.8 Å². The molecule has 0 radical (unpaired) electrons. The number of benzene rings is 2. The minimum absolute atomic E-state index is 0.0841. The zero-order valence-corrected chi connectivity index (χ0v) is 19.1. The molecule has 2 heterocycles. The van der Waals surface area contributed by atoms with Crippen molar-refractivity contribution in [2.45, 2.75) is 12.5 Å². The summed E-state index contributed by atoms with van der Waals surface area (Å²) in [5.74, 6) is -1.42. The quantitative estimate of drug-likeness (QED) is 0.594. The number of halogens is 1. The van der Waals surface area contributed by atoms with Gasteiger partial charge in [-0.2, -0.15) is 0 Å². The van der Waals surface area contributed by atoms with E-state index in [1.165, 1.54) is 6.08 Å². The number of rotatable bonds is 8. The van der Waals surface area contributed by atoms with Crippen LogP contribution in [0.2, 0.25) is 5.02 Å². The van der Waals surface area contributed by atoms with Crippen LogP contribution in [0.1, 0.15) is 23.6 Å². The Morgan fingerprint density at radius 1 is 1.09 bits per heavy atom. The third kappa shape index (κ3) is 5.53. The molecule has 0 aromatic heterocycles. The summed E-state index contributed by atoms with van der Waals surface area (Å²) < 4.78 is 5.39. The first-order chi connectivity index (χ1) is 16.0. The summed E-state index contributed by atoms with van der Waals surface area (Å²) in [6, 6.07) is 15.8. The number of carbonyl (C=O) groups is 2. The van der Waals surface area contributed by atoms with Crippen molar-refractivity contribution in [1.29, 1.82) is 0 Å². The fourth-order valence-electron chi connectivity index (χ4n) is 4.27. The molecule has 33 heavy (non-hydrogen) atoms. The fourth-order valence-corrected chi connectivity index (χ4v) is 4.47. The highest BCUT2D eigenvalue weighted by Crippen LogP contribution is 2.38. The molecule has 0 aliphatic carbocycles. The SMILES string of the molecule is O=C(C=Cc1ccccc1)C1=C(O)C(=O)N(CCCN2CCOCC2)C1c1cccc(Cl)c1. The molecule has 1 fully saturated rings. The lowest BCUT2D eigenvalue weighted by molar-refractivity contribution is -0.129. The van der Waals surface area contributed by atoms with Crippen molar-refractivity contribution in [2.75, 3.05) is 39.4 Å². The van der Waals surface area contributed by atoms with Crippen LogP contribution in [-0.4, -0.2) is 66.0 Å².